The smallest absolute Gasteiger partial charge is 0.255 e. The number of hydrogen-bond donors (Lipinski definition) is 1. The van der Waals surface area contributed by atoms with Crippen molar-refractivity contribution in [1.29, 1.82) is 0 Å². The molecule has 0 atom stereocenters. The first-order valence-corrected chi connectivity index (χ1v) is 13.3. The van der Waals surface area contributed by atoms with E-state index in [4.69, 9.17) is 11.6 Å². The Morgan fingerprint density at radius 1 is 0.895 bits per heavy atom. The average Bonchev–Trinajstić information content (AvgIpc) is 2.93. The highest BCUT2D eigenvalue weighted by Crippen LogP contribution is 2.21. The third kappa shape index (κ3) is 6.72. The Morgan fingerprint density at radius 2 is 1.55 bits per heavy atom. The molecule has 1 heterocycles. The topological polar surface area (TPSA) is 73.0 Å². The number of halogens is 1. The predicted octanol–water partition coefficient (Wildman–Crippen LogP) is 5.10. The summed E-state index contributed by atoms with van der Waals surface area (Å²) < 4.78 is 0. The molecule has 0 saturated carbocycles. The number of anilines is 2. The van der Waals surface area contributed by atoms with Crippen LogP contribution in [0.15, 0.2) is 72.8 Å². The van der Waals surface area contributed by atoms with Crippen LogP contribution >= 0.6 is 11.6 Å². The molecule has 38 heavy (non-hydrogen) atoms. The molecule has 1 fully saturated rings. The Labute approximate surface area is 229 Å². The second kappa shape index (κ2) is 12.6. The number of piperazine rings is 1. The van der Waals surface area contributed by atoms with Crippen molar-refractivity contribution >= 4 is 40.7 Å². The Kier molecular flexibility index (Phi) is 9.02. The van der Waals surface area contributed by atoms with Crippen LogP contribution in [-0.4, -0.2) is 66.8 Å². The number of aryl methyl sites for hydroxylation is 1. The van der Waals surface area contributed by atoms with Gasteiger partial charge in [0.25, 0.3) is 11.8 Å². The predicted molar refractivity (Wildman–Crippen MR) is 152 cm³/mol. The van der Waals surface area contributed by atoms with Gasteiger partial charge in [0.2, 0.25) is 5.91 Å². The highest BCUT2D eigenvalue weighted by molar-refractivity contribution is 6.33. The molecule has 1 N–H and O–H groups in total. The lowest BCUT2D eigenvalue weighted by Crippen LogP contribution is -2.48. The van der Waals surface area contributed by atoms with Gasteiger partial charge in [0.1, 0.15) is 6.54 Å². The van der Waals surface area contributed by atoms with E-state index in [1.807, 2.05) is 67.3 Å². The molecule has 4 rings (SSSR count). The average molecular weight is 533 g/mol. The summed E-state index contributed by atoms with van der Waals surface area (Å²) in [5.41, 5.74) is 3.94. The van der Waals surface area contributed by atoms with Crippen LogP contribution in [0.2, 0.25) is 5.02 Å². The van der Waals surface area contributed by atoms with Crippen molar-refractivity contribution in [3.8, 4) is 0 Å². The molecule has 198 valence electrons. The quantitative estimate of drug-likeness (QED) is 0.438. The maximum atomic E-state index is 13.0. The highest BCUT2D eigenvalue weighted by atomic mass is 35.5. The molecular formula is C30H33ClN4O3. The first kappa shape index (κ1) is 27.2. The normalized spacial score (nSPS) is 13.2. The fourth-order valence-electron chi connectivity index (χ4n) is 4.50. The van der Waals surface area contributed by atoms with Gasteiger partial charge in [0.05, 0.1) is 10.6 Å². The van der Waals surface area contributed by atoms with Crippen LogP contribution in [0.25, 0.3) is 0 Å². The SMILES string of the molecule is CCCN(CC(=O)Nc1ccc(N2CCN(C(=O)c3ccc(C)cc3)CC2)cc1)C(=O)c1ccccc1Cl. The van der Waals surface area contributed by atoms with Crippen molar-refractivity contribution in [1.82, 2.24) is 9.80 Å². The van der Waals surface area contributed by atoms with E-state index in [-0.39, 0.29) is 24.3 Å². The Balaban J connectivity index is 1.30. The number of nitrogens with one attached hydrogen (secondary N) is 1. The summed E-state index contributed by atoms with van der Waals surface area (Å²) in [4.78, 5) is 44.1. The lowest BCUT2D eigenvalue weighted by Gasteiger charge is -2.36. The fraction of sp³-hybridized carbons (Fsp3) is 0.300. The van der Waals surface area contributed by atoms with Crippen molar-refractivity contribution < 1.29 is 14.4 Å². The first-order valence-electron chi connectivity index (χ1n) is 12.9. The molecule has 3 aromatic rings. The van der Waals surface area contributed by atoms with Crippen molar-refractivity contribution in [2.45, 2.75) is 20.3 Å². The molecule has 0 aromatic heterocycles. The van der Waals surface area contributed by atoms with E-state index in [1.165, 1.54) is 4.90 Å². The van der Waals surface area contributed by atoms with Crippen LogP contribution in [-0.2, 0) is 4.79 Å². The van der Waals surface area contributed by atoms with E-state index in [0.29, 0.717) is 35.9 Å². The number of nitrogens with zero attached hydrogens (tertiary/aromatic N) is 3. The number of benzene rings is 3. The van der Waals surface area contributed by atoms with Crippen molar-refractivity contribution in [3.63, 3.8) is 0 Å². The molecule has 0 bridgehead atoms. The molecule has 3 amide bonds. The Hall–Kier alpha value is -3.84. The lowest BCUT2D eigenvalue weighted by atomic mass is 10.1. The first-order chi connectivity index (χ1) is 18.4. The summed E-state index contributed by atoms with van der Waals surface area (Å²) in [6.07, 6.45) is 0.724. The molecule has 8 heteroatoms. The molecule has 1 saturated heterocycles. The van der Waals surface area contributed by atoms with E-state index in [9.17, 15) is 14.4 Å². The molecule has 7 nitrogen and oxygen atoms in total. The zero-order valence-electron chi connectivity index (χ0n) is 21.8. The van der Waals surface area contributed by atoms with Crippen LogP contribution in [0, 0.1) is 6.92 Å². The number of hydrogen-bond acceptors (Lipinski definition) is 4. The maximum Gasteiger partial charge on any atom is 0.255 e. The summed E-state index contributed by atoms with van der Waals surface area (Å²) in [5, 5.41) is 3.26. The summed E-state index contributed by atoms with van der Waals surface area (Å²) in [6, 6.07) is 22.2. The molecule has 0 spiro atoms. The second-order valence-electron chi connectivity index (χ2n) is 9.45. The summed E-state index contributed by atoms with van der Waals surface area (Å²) in [6.45, 7) is 7.13. The monoisotopic (exact) mass is 532 g/mol. The number of amides is 3. The highest BCUT2D eigenvalue weighted by Gasteiger charge is 2.23. The molecule has 0 aliphatic carbocycles. The minimum Gasteiger partial charge on any atom is -0.368 e. The number of carbonyl (C=O) groups is 3. The minimum atomic E-state index is -0.269. The van der Waals surface area contributed by atoms with Gasteiger partial charge < -0.3 is 20.0 Å². The van der Waals surface area contributed by atoms with Gasteiger partial charge in [0, 0.05) is 49.7 Å². The maximum absolute atomic E-state index is 13.0. The van der Waals surface area contributed by atoms with Crippen LogP contribution in [0.3, 0.4) is 0 Å². The second-order valence-corrected chi connectivity index (χ2v) is 9.85. The summed E-state index contributed by atoms with van der Waals surface area (Å²) in [5.74, 6) is -0.467. The van der Waals surface area contributed by atoms with Gasteiger partial charge in [-0.1, -0.05) is 48.4 Å². The fourth-order valence-corrected chi connectivity index (χ4v) is 4.72. The van der Waals surface area contributed by atoms with Crippen molar-refractivity contribution in [2.75, 3.05) is 49.5 Å². The zero-order chi connectivity index (χ0) is 27.1. The Bertz CT molecular complexity index is 1270. The van der Waals surface area contributed by atoms with Gasteiger partial charge in [-0.05, 0) is 61.9 Å². The standard InChI is InChI=1S/C30H33ClN4O3/c1-3-16-35(30(38)26-6-4-5-7-27(26)31)21-28(36)32-24-12-14-25(15-13-24)33-17-19-34(20-18-33)29(37)23-10-8-22(2)9-11-23/h4-15H,3,16-21H2,1-2H3,(H,32,36). The van der Waals surface area contributed by atoms with Gasteiger partial charge in [-0.15, -0.1) is 0 Å². The molecule has 1 aliphatic heterocycles. The molecule has 1 aliphatic rings. The van der Waals surface area contributed by atoms with E-state index < -0.39 is 0 Å². The van der Waals surface area contributed by atoms with E-state index in [0.717, 1.165) is 36.3 Å². The third-order valence-corrected chi connectivity index (χ3v) is 6.93. The van der Waals surface area contributed by atoms with E-state index in [2.05, 4.69) is 10.2 Å². The van der Waals surface area contributed by atoms with Gasteiger partial charge in [-0.3, -0.25) is 14.4 Å². The molecular weight excluding hydrogens is 500 g/mol. The molecule has 0 radical (unpaired) electrons. The molecule has 3 aromatic carbocycles. The Morgan fingerprint density at radius 3 is 2.18 bits per heavy atom. The number of carbonyl (C=O) groups excluding carboxylic acids is 3. The van der Waals surface area contributed by atoms with Gasteiger partial charge in [-0.25, -0.2) is 0 Å². The van der Waals surface area contributed by atoms with E-state index >= 15 is 0 Å². The van der Waals surface area contributed by atoms with Crippen molar-refractivity contribution in [3.05, 3.63) is 94.5 Å². The van der Waals surface area contributed by atoms with Gasteiger partial charge in [-0.2, -0.15) is 0 Å². The van der Waals surface area contributed by atoms with Crippen molar-refractivity contribution in [2.24, 2.45) is 0 Å². The van der Waals surface area contributed by atoms with E-state index in [1.54, 1.807) is 24.3 Å². The zero-order valence-corrected chi connectivity index (χ0v) is 22.6. The largest absolute Gasteiger partial charge is 0.368 e. The van der Waals surface area contributed by atoms with Gasteiger partial charge >= 0.3 is 0 Å². The van der Waals surface area contributed by atoms with Crippen LogP contribution in [0.5, 0.6) is 0 Å². The molecule has 0 unspecified atom stereocenters. The number of rotatable bonds is 8. The van der Waals surface area contributed by atoms with Crippen LogP contribution < -0.4 is 10.2 Å². The lowest BCUT2D eigenvalue weighted by molar-refractivity contribution is -0.116. The minimum absolute atomic E-state index is 0.0589. The van der Waals surface area contributed by atoms with Gasteiger partial charge in [0.15, 0.2) is 0 Å². The third-order valence-electron chi connectivity index (χ3n) is 6.60. The summed E-state index contributed by atoms with van der Waals surface area (Å²) >= 11 is 6.19. The summed E-state index contributed by atoms with van der Waals surface area (Å²) in [7, 11) is 0. The van der Waals surface area contributed by atoms with Crippen LogP contribution in [0.4, 0.5) is 11.4 Å². The van der Waals surface area contributed by atoms with Crippen LogP contribution in [0.1, 0.15) is 39.6 Å².